The largest absolute Gasteiger partial charge is 0.344 e. The molecule has 0 aromatic rings. The molecule has 0 radical (unpaired) electrons. The van der Waals surface area contributed by atoms with Crippen molar-refractivity contribution in [1.82, 2.24) is 14.7 Å². The smallest absolute Gasteiger partial charge is 0.328 e. The predicted octanol–water partition coefficient (Wildman–Crippen LogP) is 16.0. The Kier molecular flexibility index (Phi) is 41.2. The van der Waals surface area contributed by atoms with Crippen molar-refractivity contribution < 1.29 is 36.3 Å². The summed E-state index contributed by atoms with van der Waals surface area (Å²) in [5.74, 6) is 0. The van der Waals surface area contributed by atoms with E-state index in [4.69, 9.17) is 22.6 Å². The molecule has 0 bridgehead atoms. The SMILES string of the molecule is CCCCCCCCOP(C)(=O)CN1CCN(CP(=O)(OCCCCCCCC)OCCCCCCCC)CCN(CP(=O)(OCCCCCCCC)OCCCCCCCC)CC1. The Balaban J connectivity index is 3.24. The molecule has 1 heterocycles. The van der Waals surface area contributed by atoms with Crippen molar-refractivity contribution in [1.29, 1.82) is 0 Å². The van der Waals surface area contributed by atoms with Gasteiger partial charge >= 0.3 is 15.2 Å². The van der Waals surface area contributed by atoms with Gasteiger partial charge in [0.1, 0.15) is 12.6 Å². The van der Waals surface area contributed by atoms with Crippen molar-refractivity contribution in [2.24, 2.45) is 0 Å². The van der Waals surface area contributed by atoms with E-state index in [-0.39, 0.29) is 12.6 Å². The third-order valence-electron chi connectivity index (χ3n) is 12.4. The van der Waals surface area contributed by atoms with Crippen molar-refractivity contribution >= 4 is 22.6 Å². The van der Waals surface area contributed by atoms with Gasteiger partial charge in [0.15, 0.2) is 0 Å². The summed E-state index contributed by atoms with van der Waals surface area (Å²) in [4.78, 5) is 6.63. The number of unbranched alkanes of at least 4 members (excludes halogenated alkanes) is 25. The van der Waals surface area contributed by atoms with E-state index in [1.807, 2.05) is 0 Å². The maximum Gasteiger partial charge on any atom is 0.344 e. The molecule has 1 unspecified atom stereocenters. The molecule has 1 aliphatic rings. The molecule has 0 aromatic carbocycles. The van der Waals surface area contributed by atoms with Crippen LogP contribution >= 0.6 is 22.6 Å². The van der Waals surface area contributed by atoms with Crippen molar-refractivity contribution in [2.75, 3.05) is 97.8 Å². The third-order valence-corrected chi connectivity index (χ3v) is 17.8. The lowest BCUT2D eigenvalue weighted by Crippen LogP contribution is -2.37. The molecule has 384 valence electrons. The zero-order valence-corrected chi connectivity index (χ0v) is 45.7. The van der Waals surface area contributed by atoms with Gasteiger partial charge in [-0.05, 0) is 32.1 Å². The molecule has 0 saturated carbocycles. The van der Waals surface area contributed by atoms with Gasteiger partial charge in [0, 0.05) is 45.9 Å². The molecule has 0 amide bonds. The summed E-state index contributed by atoms with van der Waals surface area (Å²) in [6.45, 7) is 18.9. The molecule has 0 aromatic heterocycles. The number of nitrogens with zero attached hydrogens (tertiary/aromatic N) is 3. The second-order valence-electron chi connectivity index (χ2n) is 19.0. The Labute approximate surface area is 397 Å². The molecule has 0 spiro atoms. The number of hydrogen-bond acceptors (Lipinski definition) is 11. The van der Waals surface area contributed by atoms with Gasteiger partial charge in [-0.2, -0.15) is 0 Å². The van der Waals surface area contributed by atoms with Crippen LogP contribution in [0.5, 0.6) is 0 Å². The second-order valence-corrected chi connectivity index (χ2v) is 25.6. The Hall–Kier alpha value is 0.370. The van der Waals surface area contributed by atoms with Crippen LogP contribution in [-0.4, -0.2) is 113 Å². The predicted molar refractivity (Wildman–Crippen MR) is 275 cm³/mol. The summed E-state index contributed by atoms with van der Waals surface area (Å²) in [7, 11) is -9.85. The molecule has 1 saturated heterocycles. The first-order chi connectivity index (χ1) is 31.0. The Morgan fingerprint density at radius 2 is 0.500 bits per heavy atom. The van der Waals surface area contributed by atoms with Gasteiger partial charge in [0.25, 0.3) is 0 Å². The Morgan fingerprint density at radius 1 is 0.297 bits per heavy atom. The van der Waals surface area contributed by atoms with Crippen LogP contribution in [0.25, 0.3) is 0 Å². The van der Waals surface area contributed by atoms with Gasteiger partial charge < -0.3 is 22.6 Å². The first-order valence-corrected chi connectivity index (χ1v) is 32.9. The van der Waals surface area contributed by atoms with Gasteiger partial charge in [0.2, 0.25) is 7.37 Å². The summed E-state index contributed by atoms with van der Waals surface area (Å²) in [6, 6.07) is 0. The van der Waals surface area contributed by atoms with Crippen LogP contribution in [0.15, 0.2) is 0 Å². The molecule has 0 aliphatic carbocycles. The molecule has 64 heavy (non-hydrogen) atoms. The lowest BCUT2D eigenvalue weighted by molar-refractivity contribution is 0.165. The van der Waals surface area contributed by atoms with Crippen LogP contribution in [-0.2, 0) is 36.3 Å². The fourth-order valence-corrected chi connectivity index (χ4v) is 13.5. The van der Waals surface area contributed by atoms with E-state index in [1.54, 1.807) is 6.66 Å². The normalized spacial score (nSPS) is 16.2. The Morgan fingerprint density at radius 3 is 0.750 bits per heavy atom. The van der Waals surface area contributed by atoms with Gasteiger partial charge in [0.05, 0.1) is 39.3 Å². The summed E-state index contributed by atoms with van der Waals surface area (Å²) >= 11 is 0. The van der Waals surface area contributed by atoms with Crippen LogP contribution in [0, 0.1) is 0 Å². The minimum absolute atomic E-state index is 0.194. The summed E-state index contributed by atoms with van der Waals surface area (Å²) in [5.41, 5.74) is 0. The zero-order valence-electron chi connectivity index (χ0n) is 43.1. The highest BCUT2D eigenvalue weighted by Gasteiger charge is 2.33. The highest BCUT2D eigenvalue weighted by Crippen LogP contribution is 2.51. The first kappa shape index (κ1) is 62.4. The molecule has 1 atom stereocenters. The molecule has 1 fully saturated rings. The lowest BCUT2D eigenvalue weighted by atomic mass is 10.1. The van der Waals surface area contributed by atoms with E-state index in [0.29, 0.717) is 78.6 Å². The number of rotatable bonds is 46. The zero-order chi connectivity index (χ0) is 46.9. The average molecular weight is 970 g/mol. The van der Waals surface area contributed by atoms with E-state index in [9.17, 15) is 13.7 Å². The van der Waals surface area contributed by atoms with Crippen molar-refractivity contribution in [2.45, 2.75) is 227 Å². The number of hydrogen-bond donors (Lipinski definition) is 0. The lowest BCUT2D eigenvalue weighted by Gasteiger charge is -2.30. The maximum absolute atomic E-state index is 14.7. The molecule has 1 aliphatic heterocycles. The summed E-state index contributed by atoms with van der Waals surface area (Å²) < 4.78 is 74.6. The molecule has 14 heteroatoms. The van der Waals surface area contributed by atoms with Gasteiger partial charge in [-0.3, -0.25) is 28.4 Å². The van der Waals surface area contributed by atoms with Crippen molar-refractivity contribution in [3.63, 3.8) is 0 Å². The molecular formula is C50H106N3O8P3. The van der Waals surface area contributed by atoms with Crippen LogP contribution in [0.2, 0.25) is 0 Å². The van der Waals surface area contributed by atoms with Gasteiger partial charge in [-0.15, -0.1) is 0 Å². The minimum Gasteiger partial charge on any atom is -0.328 e. The molecular weight excluding hydrogens is 863 g/mol. The maximum atomic E-state index is 14.7. The first-order valence-electron chi connectivity index (χ1n) is 27.2. The van der Waals surface area contributed by atoms with Gasteiger partial charge in [-0.25, -0.2) is 0 Å². The second kappa shape index (κ2) is 42.3. The topological polar surface area (TPSA) is 107 Å². The molecule has 1 rings (SSSR count). The highest BCUT2D eigenvalue weighted by atomic mass is 31.2. The van der Waals surface area contributed by atoms with E-state index in [0.717, 1.165) is 89.9 Å². The summed E-state index contributed by atoms with van der Waals surface area (Å²) in [6.07, 6.45) is 34.7. The minimum atomic E-state index is -3.46. The van der Waals surface area contributed by atoms with Crippen LogP contribution < -0.4 is 0 Å². The average Bonchev–Trinajstić information content (AvgIpc) is 3.35. The fourth-order valence-electron chi connectivity index (χ4n) is 8.22. The standard InChI is InChI=1S/C50H106N3O8P3/c1-7-12-17-22-27-32-43-57-62(6,54)48-51-37-39-52(49-63(55,58-44-33-28-23-18-13-8-2)59-45-34-29-24-19-14-9-3)41-42-53(40-38-51)50-64(56,60-46-35-30-25-20-15-10-4)61-47-36-31-26-21-16-11-5/h7-50H2,1-6H3. The van der Waals surface area contributed by atoms with Crippen molar-refractivity contribution in [3.8, 4) is 0 Å². The van der Waals surface area contributed by atoms with E-state index in [2.05, 4.69) is 49.3 Å². The van der Waals surface area contributed by atoms with Crippen LogP contribution in [0.3, 0.4) is 0 Å². The highest BCUT2D eigenvalue weighted by molar-refractivity contribution is 7.58. The third kappa shape index (κ3) is 36.4. The van der Waals surface area contributed by atoms with Gasteiger partial charge in [-0.1, -0.05) is 195 Å². The van der Waals surface area contributed by atoms with E-state index >= 15 is 0 Å². The monoisotopic (exact) mass is 970 g/mol. The Bertz CT molecular complexity index is 1080. The van der Waals surface area contributed by atoms with Crippen LogP contribution in [0.1, 0.15) is 227 Å². The quantitative estimate of drug-likeness (QED) is 0.0430. The van der Waals surface area contributed by atoms with Crippen molar-refractivity contribution in [3.05, 3.63) is 0 Å². The summed E-state index contributed by atoms with van der Waals surface area (Å²) in [5, 5.41) is 0. The van der Waals surface area contributed by atoms with E-state index in [1.165, 1.54) is 103 Å². The molecule has 0 N–H and O–H groups in total. The van der Waals surface area contributed by atoms with E-state index < -0.39 is 22.6 Å². The molecule has 11 nitrogen and oxygen atoms in total. The fraction of sp³-hybridized carbons (Fsp3) is 1.00. The van der Waals surface area contributed by atoms with Crippen LogP contribution in [0.4, 0.5) is 0 Å².